The summed E-state index contributed by atoms with van der Waals surface area (Å²) >= 11 is 0. The Bertz CT molecular complexity index is 1540. The van der Waals surface area contributed by atoms with Gasteiger partial charge >= 0.3 is 12.1 Å². The highest BCUT2D eigenvalue weighted by atomic mass is 16.5. The van der Waals surface area contributed by atoms with Gasteiger partial charge in [-0.3, -0.25) is 19.2 Å². The van der Waals surface area contributed by atoms with Crippen LogP contribution in [0.25, 0.3) is 0 Å². The zero-order valence-corrected chi connectivity index (χ0v) is 31.6. The van der Waals surface area contributed by atoms with E-state index in [1.165, 1.54) is 0 Å². The Kier molecular flexibility index (Phi) is 13.0. The Morgan fingerprint density at radius 3 is 2.23 bits per heavy atom. The molecular formula is C39H56N6O7. The molecule has 6 atom stereocenters. The molecule has 3 aliphatic rings. The summed E-state index contributed by atoms with van der Waals surface area (Å²) in [7, 11) is 0. The second-order valence-corrected chi connectivity index (χ2v) is 15.9. The number of hydrogen-bond acceptors (Lipinski definition) is 7. The number of benzene rings is 1. The molecule has 1 heterocycles. The molecule has 0 bridgehead atoms. The van der Waals surface area contributed by atoms with Crippen molar-refractivity contribution in [2.75, 3.05) is 26.2 Å². The molecule has 0 spiro atoms. The first-order valence-corrected chi connectivity index (χ1v) is 18.5. The molecule has 52 heavy (non-hydrogen) atoms. The first-order chi connectivity index (χ1) is 24.5. The van der Waals surface area contributed by atoms with Gasteiger partial charge in [-0.15, -0.1) is 12.3 Å². The molecule has 13 heteroatoms. The van der Waals surface area contributed by atoms with E-state index >= 15 is 0 Å². The topological polar surface area (TPSA) is 175 Å². The monoisotopic (exact) mass is 720 g/mol. The molecule has 1 aliphatic heterocycles. The first kappa shape index (κ1) is 40.2. The number of carbonyl (C=O) groups excluding carboxylic acids is 6. The molecule has 2 fully saturated rings. The number of likely N-dealkylation sites (tertiary alicyclic amines) is 1. The van der Waals surface area contributed by atoms with Gasteiger partial charge in [-0.1, -0.05) is 65.8 Å². The lowest BCUT2D eigenvalue weighted by Gasteiger charge is -2.36. The van der Waals surface area contributed by atoms with Crippen LogP contribution in [0, 0.1) is 40.9 Å². The van der Waals surface area contributed by atoms with Crippen LogP contribution in [-0.2, 0) is 36.8 Å². The minimum Gasteiger partial charge on any atom is -0.447 e. The van der Waals surface area contributed by atoms with E-state index in [1.54, 1.807) is 11.8 Å². The number of hydrogen-bond donors (Lipinski definition) is 5. The summed E-state index contributed by atoms with van der Waals surface area (Å²) < 4.78 is 5.36. The standard InChI is InChI=1S/C39H56N6O7/c1-9-12-17-27(32(46)34(48)41-18-10-2)42-33(47)31-29-26(39(29,7)8)21-45(31)35(49)30(25-19-23-15-13-14-16-24(23)20-25)44-36(50)43-28(38(4,5)6)22-52-37(51)40-11-3/h1,13-16,25-31H,10-12,17-22H2,2-8H3,(H,40,51)(H,41,48)(H,42,47)(H2,43,44,50)/t26-,27?,28+,29-,30-,31-/m0/s1. The molecule has 1 unspecified atom stereocenters. The van der Waals surface area contributed by atoms with Gasteiger partial charge in [0.1, 0.15) is 18.7 Å². The van der Waals surface area contributed by atoms with Crippen molar-refractivity contribution in [1.29, 1.82) is 0 Å². The average Bonchev–Trinajstić information content (AvgIpc) is 3.44. The fraction of sp³-hybridized carbons (Fsp3) is 0.641. The number of amides is 6. The Hall–Kier alpha value is -4.60. The number of rotatable bonds is 15. The number of nitrogens with one attached hydrogen (secondary N) is 5. The van der Waals surface area contributed by atoms with E-state index in [-0.39, 0.29) is 42.6 Å². The molecule has 1 saturated carbocycles. The number of piperidine rings is 1. The molecule has 1 saturated heterocycles. The van der Waals surface area contributed by atoms with Crippen molar-refractivity contribution in [2.45, 2.75) is 105 Å². The van der Waals surface area contributed by atoms with Gasteiger partial charge in [0.25, 0.3) is 5.91 Å². The van der Waals surface area contributed by atoms with Crippen molar-refractivity contribution in [3.63, 3.8) is 0 Å². The van der Waals surface area contributed by atoms with E-state index in [0.29, 0.717) is 38.9 Å². The minimum absolute atomic E-state index is 0.0341. The van der Waals surface area contributed by atoms with Gasteiger partial charge in [0.15, 0.2) is 0 Å². The normalized spacial score (nSPS) is 21.7. The Labute approximate surface area is 307 Å². The number of carbonyl (C=O) groups is 6. The minimum atomic E-state index is -1.15. The molecule has 0 aromatic heterocycles. The zero-order valence-electron chi connectivity index (χ0n) is 31.6. The van der Waals surface area contributed by atoms with Crippen molar-refractivity contribution in [2.24, 2.45) is 28.6 Å². The molecule has 2 aliphatic carbocycles. The fourth-order valence-corrected chi connectivity index (χ4v) is 7.64. The van der Waals surface area contributed by atoms with Crippen LogP contribution < -0.4 is 26.6 Å². The SMILES string of the molecule is C#CCCC(NC(=O)[C@@H]1[C@@H]2[C@H](CN1C(=O)[C@@H](NC(=O)N[C@H](COC(=O)NCC)C(C)(C)C)C1Cc3ccccc3C1)C2(C)C)C(=O)C(=O)NCCC. The Morgan fingerprint density at radius 1 is 1.00 bits per heavy atom. The smallest absolute Gasteiger partial charge is 0.407 e. The molecule has 1 aromatic rings. The maximum atomic E-state index is 14.8. The van der Waals surface area contributed by atoms with Gasteiger partial charge < -0.3 is 36.2 Å². The molecule has 0 radical (unpaired) electrons. The van der Waals surface area contributed by atoms with Crippen LogP contribution in [0.4, 0.5) is 9.59 Å². The van der Waals surface area contributed by atoms with Crippen LogP contribution in [0.15, 0.2) is 24.3 Å². The third-order valence-corrected chi connectivity index (χ3v) is 10.9. The number of terminal acetylenes is 1. The number of fused-ring (bicyclic) bond motifs is 2. The lowest BCUT2D eigenvalue weighted by molar-refractivity contribution is -0.144. The van der Waals surface area contributed by atoms with Crippen molar-refractivity contribution in [3.05, 3.63) is 35.4 Å². The summed E-state index contributed by atoms with van der Waals surface area (Å²) in [6.07, 6.45) is 6.85. The second-order valence-electron chi connectivity index (χ2n) is 15.9. The predicted molar refractivity (Wildman–Crippen MR) is 196 cm³/mol. The Morgan fingerprint density at radius 2 is 1.65 bits per heavy atom. The van der Waals surface area contributed by atoms with Crippen LogP contribution in [0.5, 0.6) is 0 Å². The number of urea groups is 1. The summed E-state index contributed by atoms with van der Waals surface area (Å²) in [5.41, 5.74) is 1.44. The molecule has 5 N–H and O–H groups in total. The highest BCUT2D eigenvalue weighted by Crippen LogP contribution is 2.65. The van der Waals surface area contributed by atoms with E-state index in [1.807, 2.05) is 52.0 Å². The molecular weight excluding hydrogens is 664 g/mol. The average molecular weight is 721 g/mol. The summed E-state index contributed by atoms with van der Waals surface area (Å²) in [6.45, 7) is 14.4. The van der Waals surface area contributed by atoms with E-state index in [9.17, 15) is 28.8 Å². The second kappa shape index (κ2) is 16.8. The third kappa shape index (κ3) is 9.24. The van der Waals surface area contributed by atoms with E-state index in [0.717, 1.165) is 11.1 Å². The van der Waals surface area contributed by atoms with Gasteiger partial charge in [0.05, 0.1) is 12.1 Å². The highest BCUT2D eigenvalue weighted by Gasteiger charge is 2.69. The van der Waals surface area contributed by atoms with Crippen LogP contribution in [-0.4, -0.2) is 90.9 Å². The number of Topliss-reactive ketones (excluding diaryl/α,β-unsaturated/α-hetero) is 1. The van der Waals surface area contributed by atoms with Crippen molar-refractivity contribution >= 4 is 35.6 Å². The largest absolute Gasteiger partial charge is 0.447 e. The van der Waals surface area contributed by atoms with Gasteiger partial charge in [-0.05, 0) is 72.3 Å². The summed E-state index contributed by atoms with van der Waals surface area (Å²) in [5, 5.41) is 13.8. The third-order valence-electron chi connectivity index (χ3n) is 10.9. The first-order valence-electron chi connectivity index (χ1n) is 18.5. The Balaban J connectivity index is 1.59. The summed E-state index contributed by atoms with van der Waals surface area (Å²) in [4.78, 5) is 82.1. The molecule has 284 valence electrons. The molecule has 1 aromatic carbocycles. The van der Waals surface area contributed by atoms with Crippen LogP contribution in [0.1, 0.15) is 78.9 Å². The summed E-state index contributed by atoms with van der Waals surface area (Å²) in [6, 6.07) is 3.66. The quantitative estimate of drug-likeness (QED) is 0.137. The fourth-order valence-electron chi connectivity index (χ4n) is 7.64. The number of ether oxygens (including phenoxy) is 1. The van der Waals surface area contributed by atoms with Gasteiger partial charge in [-0.2, -0.15) is 0 Å². The van der Waals surface area contributed by atoms with Crippen molar-refractivity contribution in [1.82, 2.24) is 31.5 Å². The molecule has 4 rings (SSSR count). The van der Waals surface area contributed by atoms with Gasteiger partial charge in [-0.25, -0.2) is 9.59 Å². The maximum absolute atomic E-state index is 14.8. The number of nitrogens with zero attached hydrogens (tertiary/aromatic N) is 1. The van der Waals surface area contributed by atoms with Gasteiger partial charge in [0.2, 0.25) is 17.6 Å². The van der Waals surface area contributed by atoms with E-state index < -0.39 is 65.2 Å². The van der Waals surface area contributed by atoms with Crippen LogP contribution in [0.2, 0.25) is 0 Å². The molecule has 6 amide bonds. The molecule has 13 nitrogen and oxygen atoms in total. The number of ketones is 1. The lowest BCUT2D eigenvalue weighted by Crippen LogP contribution is -2.61. The summed E-state index contributed by atoms with van der Waals surface area (Å²) in [5.74, 6) is -0.475. The predicted octanol–water partition coefficient (Wildman–Crippen LogP) is 2.71. The van der Waals surface area contributed by atoms with Crippen LogP contribution >= 0.6 is 0 Å². The highest BCUT2D eigenvalue weighted by molar-refractivity contribution is 6.38. The van der Waals surface area contributed by atoms with E-state index in [2.05, 4.69) is 46.4 Å². The van der Waals surface area contributed by atoms with Gasteiger partial charge in [0, 0.05) is 26.1 Å². The zero-order chi connectivity index (χ0) is 38.4. The van der Waals surface area contributed by atoms with E-state index in [4.69, 9.17) is 11.2 Å². The van der Waals surface area contributed by atoms with Crippen molar-refractivity contribution < 1.29 is 33.5 Å². The maximum Gasteiger partial charge on any atom is 0.407 e. The number of alkyl carbamates (subject to hydrolysis) is 1. The lowest BCUT2D eigenvalue weighted by atomic mass is 9.87. The van der Waals surface area contributed by atoms with Crippen LogP contribution in [0.3, 0.4) is 0 Å². The van der Waals surface area contributed by atoms with Crippen molar-refractivity contribution in [3.8, 4) is 12.3 Å².